The topological polar surface area (TPSA) is 34.2 Å². The van der Waals surface area contributed by atoms with Gasteiger partial charge in [-0.3, -0.25) is 0 Å². The molecule has 0 saturated carbocycles. The number of para-hydroxylation sites is 1. The maximum atomic E-state index is 5.60. The highest BCUT2D eigenvalue weighted by atomic mass is 32.1. The SMILES string of the molecule is CCc1ncc(CNCCOc2ccccc2)s1. The van der Waals surface area contributed by atoms with Gasteiger partial charge in [0.25, 0.3) is 0 Å². The third-order valence-corrected chi connectivity index (χ3v) is 3.64. The molecule has 18 heavy (non-hydrogen) atoms. The van der Waals surface area contributed by atoms with Gasteiger partial charge in [-0.25, -0.2) is 4.98 Å². The standard InChI is InChI=1S/C14H18N2OS/c1-2-14-16-11-13(18-14)10-15-8-9-17-12-6-4-3-5-7-12/h3-7,11,15H,2,8-10H2,1H3. The number of nitrogens with one attached hydrogen (secondary N) is 1. The fourth-order valence-corrected chi connectivity index (χ4v) is 2.39. The molecule has 1 heterocycles. The van der Waals surface area contributed by atoms with Crippen molar-refractivity contribution in [2.45, 2.75) is 19.9 Å². The number of thiazole rings is 1. The molecule has 0 saturated heterocycles. The lowest BCUT2D eigenvalue weighted by atomic mass is 10.3. The molecule has 2 aromatic rings. The predicted molar refractivity (Wildman–Crippen MR) is 75.1 cm³/mol. The molecular weight excluding hydrogens is 244 g/mol. The molecule has 0 atom stereocenters. The molecule has 0 aliphatic heterocycles. The third kappa shape index (κ3) is 4.13. The van der Waals surface area contributed by atoms with Gasteiger partial charge in [-0.15, -0.1) is 11.3 Å². The van der Waals surface area contributed by atoms with Crippen LogP contribution in [-0.4, -0.2) is 18.1 Å². The Morgan fingerprint density at radius 2 is 2.11 bits per heavy atom. The minimum Gasteiger partial charge on any atom is -0.492 e. The molecule has 0 aliphatic carbocycles. The fraction of sp³-hybridized carbons (Fsp3) is 0.357. The number of hydrogen-bond donors (Lipinski definition) is 1. The van der Waals surface area contributed by atoms with Crippen LogP contribution in [0, 0.1) is 0 Å². The Kier molecular flexibility index (Phi) is 5.17. The average Bonchev–Trinajstić information content (AvgIpc) is 2.87. The summed E-state index contributed by atoms with van der Waals surface area (Å²) < 4.78 is 5.60. The first kappa shape index (κ1) is 13.1. The first-order valence-corrected chi connectivity index (χ1v) is 7.02. The van der Waals surface area contributed by atoms with Gasteiger partial charge >= 0.3 is 0 Å². The maximum absolute atomic E-state index is 5.60. The first-order valence-electron chi connectivity index (χ1n) is 6.20. The van der Waals surface area contributed by atoms with Gasteiger partial charge in [0.05, 0.1) is 5.01 Å². The van der Waals surface area contributed by atoms with Crippen molar-refractivity contribution in [2.24, 2.45) is 0 Å². The normalized spacial score (nSPS) is 10.5. The molecule has 3 nitrogen and oxygen atoms in total. The van der Waals surface area contributed by atoms with Crippen molar-refractivity contribution in [3.63, 3.8) is 0 Å². The highest BCUT2D eigenvalue weighted by molar-refractivity contribution is 7.11. The second kappa shape index (κ2) is 7.13. The summed E-state index contributed by atoms with van der Waals surface area (Å²) in [5.74, 6) is 0.922. The van der Waals surface area contributed by atoms with Crippen molar-refractivity contribution in [1.82, 2.24) is 10.3 Å². The van der Waals surface area contributed by atoms with E-state index in [0.29, 0.717) is 6.61 Å². The third-order valence-electron chi connectivity index (χ3n) is 2.49. The zero-order chi connectivity index (χ0) is 12.6. The van der Waals surface area contributed by atoms with Gasteiger partial charge in [-0.2, -0.15) is 0 Å². The van der Waals surface area contributed by atoms with Gasteiger partial charge in [0.2, 0.25) is 0 Å². The van der Waals surface area contributed by atoms with Gasteiger partial charge in [-0.1, -0.05) is 25.1 Å². The Morgan fingerprint density at radius 1 is 1.28 bits per heavy atom. The zero-order valence-electron chi connectivity index (χ0n) is 10.6. The van der Waals surface area contributed by atoms with Gasteiger partial charge in [-0.05, 0) is 18.6 Å². The Hall–Kier alpha value is -1.39. The molecule has 1 N–H and O–H groups in total. The Bertz CT molecular complexity index is 456. The summed E-state index contributed by atoms with van der Waals surface area (Å²) in [6.45, 7) is 4.53. The summed E-state index contributed by atoms with van der Waals surface area (Å²) in [7, 11) is 0. The van der Waals surface area contributed by atoms with Crippen LogP contribution in [0.3, 0.4) is 0 Å². The molecule has 1 aromatic heterocycles. The molecule has 0 bridgehead atoms. The number of aromatic nitrogens is 1. The van der Waals surface area contributed by atoms with E-state index in [1.54, 1.807) is 11.3 Å². The quantitative estimate of drug-likeness (QED) is 0.779. The van der Waals surface area contributed by atoms with Crippen LogP contribution in [0.4, 0.5) is 0 Å². The molecule has 0 aliphatic rings. The molecule has 1 aromatic carbocycles. The Morgan fingerprint density at radius 3 is 2.83 bits per heavy atom. The van der Waals surface area contributed by atoms with Crippen LogP contribution in [0.1, 0.15) is 16.8 Å². The lowest BCUT2D eigenvalue weighted by molar-refractivity contribution is 0.314. The molecule has 96 valence electrons. The summed E-state index contributed by atoms with van der Waals surface area (Å²) >= 11 is 1.77. The molecule has 0 fully saturated rings. The number of benzene rings is 1. The summed E-state index contributed by atoms with van der Waals surface area (Å²) in [6.07, 6.45) is 2.97. The number of hydrogen-bond acceptors (Lipinski definition) is 4. The highest BCUT2D eigenvalue weighted by Gasteiger charge is 1.99. The summed E-state index contributed by atoms with van der Waals surface area (Å²) in [5.41, 5.74) is 0. The molecule has 2 rings (SSSR count). The van der Waals surface area contributed by atoms with Gasteiger partial charge in [0.1, 0.15) is 12.4 Å². The van der Waals surface area contributed by atoms with Crippen LogP contribution < -0.4 is 10.1 Å². The van der Waals surface area contributed by atoms with Crippen molar-refractivity contribution in [3.05, 3.63) is 46.4 Å². The van der Waals surface area contributed by atoms with E-state index >= 15 is 0 Å². The molecule has 0 amide bonds. The van der Waals surface area contributed by atoms with E-state index in [1.165, 1.54) is 9.88 Å². The first-order chi connectivity index (χ1) is 8.88. The summed E-state index contributed by atoms with van der Waals surface area (Å²) in [6, 6.07) is 9.88. The molecule has 0 spiro atoms. The number of aryl methyl sites for hydroxylation is 1. The average molecular weight is 262 g/mol. The second-order valence-corrected chi connectivity index (χ2v) is 5.11. The molecule has 0 radical (unpaired) electrons. The van der Waals surface area contributed by atoms with Crippen molar-refractivity contribution in [3.8, 4) is 5.75 Å². The fourth-order valence-electron chi connectivity index (χ4n) is 1.56. The second-order valence-electron chi connectivity index (χ2n) is 3.91. The van der Waals surface area contributed by atoms with E-state index in [9.17, 15) is 0 Å². The van der Waals surface area contributed by atoms with Crippen molar-refractivity contribution in [2.75, 3.05) is 13.2 Å². The smallest absolute Gasteiger partial charge is 0.119 e. The Balaban J connectivity index is 1.61. The van der Waals surface area contributed by atoms with Crippen LogP contribution in [-0.2, 0) is 13.0 Å². The Labute approximate surface area is 112 Å². The van der Waals surface area contributed by atoms with Crippen LogP contribution in [0.25, 0.3) is 0 Å². The predicted octanol–water partition coefficient (Wildman–Crippen LogP) is 2.87. The lowest BCUT2D eigenvalue weighted by Gasteiger charge is -2.06. The highest BCUT2D eigenvalue weighted by Crippen LogP contribution is 2.12. The maximum Gasteiger partial charge on any atom is 0.119 e. The van der Waals surface area contributed by atoms with Crippen LogP contribution in [0.2, 0.25) is 0 Å². The van der Waals surface area contributed by atoms with Crippen LogP contribution in [0.5, 0.6) is 5.75 Å². The lowest BCUT2D eigenvalue weighted by Crippen LogP contribution is -2.20. The van der Waals surface area contributed by atoms with Crippen molar-refractivity contribution in [1.29, 1.82) is 0 Å². The van der Waals surface area contributed by atoms with Crippen LogP contribution in [0.15, 0.2) is 36.5 Å². The van der Waals surface area contributed by atoms with E-state index in [0.717, 1.165) is 25.3 Å². The molecule has 4 heteroatoms. The van der Waals surface area contributed by atoms with Crippen molar-refractivity contribution >= 4 is 11.3 Å². The van der Waals surface area contributed by atoms with E-state index in [4.69, 9.17) is 4.74 Å². The monoisotopic (exact) mass is 262 g/mol. The molecular formula is C14H18N2OS. The minimum absolute atomic E-state index is 0.684. The summed E-state index contributed by atoms with van der Waals surface area (Å²) in [4.78, 5) is 5.61. The number of ether oxygens (including phenoxy) is 1. The van der Waals surface area contributed by atoms with Gasteiger partial charge in [0.15, 0.2) is 0 Å². The zero-order valence-corrected chi connectivity index (χ0v) is 11.4. The van der Waals surface area contributed by atoms with Gasteiger partial charge < -0.3 is 10.1 Å². The van der Waals surface area contributed by atoms with E-state index in [1.807, 2.05) is 36.5 Å². The number of nitrogens with zero attached hydrogens (tertiary/aromatic N) is 1. The minimum atomic E-state index is 0.684. The van der Waals surface area contributed by atoms with E-state index in [2.05, 4.69) is 17.2 Å². The number of rotatable bonds is 7. The van der Waals surface area contributed by atoms with Crippen molar-refractivity contribution < 1.29 is 4.74 Å². The molecule has 0 unspecified atom stereocenters. The van der Waals surface area contributed by atoms with E-state index in [-0.39, 0.29) is 0 Å². The van der Waals surface area contributed by atoms with E-state index < -0.39 is 0 Å². The largest absolute Gasteiger partial charge is 0.492 e. The van der Waals surface area contributed by atoms with Gasteiger partial charge in [0, 0.05) is 24.2 Å². The summed E-state index contributed by atoms with van der Waals surface area (Å²) in [5, 5.41) is 4.56. The van der Waals surface area contributed by atoms with Crippen LogP contribution >= 0.6 is 11.3 Å².